The molecule has 6 heteroatoms. The van der Waals surface area contributed by atoms with Gasteiger partial charge in [0.15, 0.2) is 23.0 Å². The average molecular weight is 402 g/mol. The van der Waals surface area contributed by atoms with Crippen LogP contribution in [0.5, 0.6) is 34.5 Å². The number of hydrogen-bond acceptors (Lipinski definition) is 6. The quantitative estimate of drug-likeness (QED) is 0.517. The monoisotopic (exact) mass is 402 g/mol. The highest BCUT2D eigenvalue weighted by Crippen LogP contribution is 2.41. The zero-order valence-corrected chi connectivity index (χ0v) is 18.0. The molecule has 0 spiro atoms. The minimum absolute atomic E-state index is 0.161. The predicted octanol–water partition coefficient (Wildman–Crippen LogP) is 4.47. The summed E-state index contributed by atoms with van der Waals surface area (Å²) in [4.78, 5) is 0. The first-order valence-electron chi connectivity index (χ1n) is 9.32. The van der Waals surface area contributed by atoms with Crippen LogP contribution in [-0.2, 0) is 12.8 Å². The fourth-order valence-corrected chi connectivity index (χ4v) is 3.16. The molecule has 0 amide bonds. The summed E-state index contributed by atoms with van der Waals surface area (Å²) in [5, 5.41) is 0. The van der Waals surface area contributed by atoms with Crippen molar-refractivity contribution in [3.05, 3.63) is 48.0 Å². The van der Waals surface area contributed by atoms with Crippen LogP contribution in [0.2, 0.25) is 0 Å². The van der Waals surface area contributed by atoms with E-state index in [-0.39, 0.29) is 6.10 Å². The number of benzene rings is 2. The Morgan fingerprint density at radius 3 is 1.59 bits per heavy atom. The molecule has 0 bridgehead atoms. The van der Waals surface area contributed by atoms with Crippen LogP contribution < -0.4 is 28.4 Å². The van der Waals surface area contributed by atoms with E-state index in [0.29, 0.717) is 47.3 Å². The van der Waals surface area contributed by atoms with Crippen LogP contribution >= 0.6 is 0 Å². The van der Waals surface area contributed by atoms with E-state index < -0.39 is 0 Å². The Morgan fingerprint density at radius 2 is 1.17 bits per heavy atom. The van der Waals surface area contributed by atoms with Gasteiger partial charge < -0.3 is 28.4 Å². The third kappa shape index (κ3) is 5.28. The molecule has 29 heavy (non-hydrogen) atoms. The highest BCUT2D eigenvalue weighted by molar-refractivity contribution is 5.55. The van der Waals surface area contributed by atoms with Crippen LogP contribution in [0.4, 0.5) is 0 Å². The number of methoxy groups -OCH3 is 5. The first-order chi connectivity index (χ1) is 14.0. The van der Waals surface area contributed by atoms with Gasteiger partial charge in [-0.05, 0) is 48.7 Å². The van der Waals surface area contributed by atoms with Gasteiger partial charge in [-0.2, -0.15) is 0 Å². The van der Waals surface area contributed by atoms with Crippen molar-refractivity contribution < 1.29 is 28.4 Å². The maximum absolute atomic E-state index is 6.21. The minimum atomic E-state index is -0.161. The van der Waals surface area contributed by atoms with Gasteiger partial charge in [-0.15, -0.1) is 6.58 Å². The zero-order valence-electron chi connectivity index (χ0n) is 18.0. The lowest BCUT2D eigenvalue weighted by molar-refractivity contribution is 0.201. The summed E-state index contributed by atoms with van der Waals surface area (Å²) in [5.41, 5.74) is 2.03. The van der Waals surface area contributed by atoms with E-state index in [0.717, 1.165) is 11.1 Å². The Morgan fingerprint density at radius 1 is 0.724 bits per heavy atom. The molecule has 2 rings (SSSR count). The van der Waals surface area contributed by atoms with Gasteiger partial charge in [0.25, 0.3) is 0 Å². The van der Waals surface area contributed by atoms with Gasteiger partial charge in [-0.25, -0.2) is 0 Å². The Hall–Kier alpha value is -3.02. The SMILES string of the molecule is C=CCc1cc(OC)c(OC(C)Cc2cc(OC)c(OC)c(OC)c2)c(OC)c1. The topological polar surface area (TPSA) is 55.4 Å². The molecule has 1 atom stereocenters. The lowest BCUT2D eigenvalue weighted by Gasteiger charge is -2.21. The number of ether oxygens (including phenoxy) is 6. The molecule has 0 aliphatic carbocycles. The minimum Gasteiger partial charge on any atom is -0.493 e. The maximum atomic E-state index is 6.21. The molecule has 0 fully saturated rings. The molecule has 2 aromatic rings. The molecular weight excluding hydrogens is 372 g/mol. The van der Waals surface area contributed by atoms with E-state index in [2.05, 4.69) is 6.58 Å². The average Bonchev–Trinajstić information content (AvgIpc) is 2.73. The lowest BCUT2D eigenvalue weighted by atomic mass is 10.1. The second kappa shape index (κ2) is 10.5. The summed E-state index contributed by atoms with van der Waals surface area (Å²) >= 11 is 0. The van der Waals surface area contributed by atoms with E-state index in [1.165, 1.54) is 0 Å². The molecule has 0 aliphatic heterocycles. The molecule has 0 saturated heterocycles. The molecule has 2 aromatic carbocycles. The smallest absolute Gasteiger partial charge is 0.203 e. The molecule has 0 aliphatic rings. The lowest BCUT2D eigenvalue weighted by Crippen LogP contribution is -2.16. The van der Waals surface area contributed by atoms with Crippen LogP contribution in [0.15, 0.2) is 36.9 Å². The van der Waals surface area contributed by atoms with E-state index >= 15 is 0 Å². The van der Waals surface area contributed by atoms with Gasteiger partial charge in [-0.3, -0.25) is 0 Å². The van der Waals surface area contributed by atoms with Crippen molar-refractivity contribution in [2.75, 3.05) is 35.5 Å². The third-order valence-corrected chi connectivity index (χ3v) is 4.47. The standard InChI is InChI=1S/C23H30O6/c1-8-9-16-11-20(26-5)23(21(12-16)27-6)29-15(2)10-17-13-18(24-3)22(28-7)19(14-17)25-4/h8,11-15H,1,9-10H2,2-7H3. The predicted molar refractivity (Wildman–Crippen MR) is 113 cm³/mol. The van der Waals surface area contributed by atoms with Crippen LogP contribution in [0, 0.1) is 0 Å². The van der Waals surface area contributed by atoms with Crippen LogP contribution in [0.3, 0.4) is 0 Å². The van der Waals surface area contributed by atoms with Gasteiger partial charge in [0.05, 0.1) is 35.5 Å². The number of allylic oxidation sites excluding steroid dienone is 1. The summed E-state index contributed by atoms with van der Waals surface area (Å²) in [5.74, 6) is 3.60. The molecule has 158 valence electrons. The van der Waals surface area contributed by atoms with Crippen LogP contribution in [-0.4, -0.2) is 41.7 Å². The van der Waals surface area contributed by atoms with Gasteiger partial charge in [0.2, 0.25) is 11.5 Å². The normalized spacial score (nSPS) is 11.4. The van der Waals surface area contributed by atoms with Crippen molar-refractivity contribution in [1.29, 1.82) is 0 Å². The van der Waals surface area contributed by atoms with Crippen LogP contribution in [0.25, 0.3) is 0 Å². The van der Waals surface area contributed by atoms with E-state index in [9.17, 15) is 0 Å². The number of rotatable bonds is 11. The Kier molecular flexibility index (Phi) is 8.07. The molecule has 0 radical (unpaired) electrons. The van der Waals surface area contributed by atoms with Gasteiger partial charge in [0, 0.05) is 6.42 Å². The first-order valence-corrected chi connectivity index (χ1v) is 9.32. The van der Waals surface area contributed by atoms with Crippen molar-refractivity contribution >= 4 is 0 Å². The third-order valence-electron chi connectivity index (χ3n) is 4.47. The van der Waals surface area contributed by atoms with Gasteiger partial charge >= 0.3 is 0 Å². The Balaban J connectivity index is 2.29. The summed E-state index contributed by atoms with van der Waals surface area (Å²) in [7, 11) is 8.01. The maximum Gasteiger partial charge on any atom is 0.203 e. The van der Waals surface area contributed by atoms with E-state index in [1.807, 2.05) is 37.3 Å². The number of hydrogen-bond donors (Lipinski definition) is 0. The summed E-state index contributed by atoms with van der Waals surface area (Å²) in [6.07, 6.45) is 3.01. The fourth-order valence-electron chi connectivity index (χ4n) is 3.16. The molecule has 6 nitrogen and oxygen atoms in total. The highest BCUT2D eigenvalue weighted by Gasteiger charge is 2.19. The van der Waals surface area contributed by atoms with Crippen LogP contribution in [0.1, 0.15) is 18.1 Å². The second-order valence-electron chi connectivity index (χ2n) is 6.49. The first kappa shape index (κ1) is 22.3. The molecule has 0 heterocycles. The summed E-state index contributed by atoms with van der Waals surface area (Å²) in [6, 6.07) is 7.71. The zero-order chi connectivity index (χ0) is 21.4. The van der Waals surface area contributed by atoms with E-state index in [1.54, 1.807) is 35.5 Å². The molecule has 1 unspecified atom stereocenters. The largest absolute Gasteiger partial charge is 0.493 e. The van der Waals surface area contributed by atoms with E-state index in [4.69, 9.17) is 28.4 Å². The summed E-state index contributed by atoms with van der Waals surface area (Å²) < 4.78 is 33.5. The van der Waals surface area contributed by atoms with Gasteiger partial charge in [0.1, 0.15) is 6.10 Å². The highest BCUT2D eigenvalue weighted by atomic mass is 16.5. The Bertz CT molecular complexity index is 780. The van der Waals surface area contributed by atoms with Gasteiger partial charge in [-0.1, -0.05) is 6.08 Å². The molecule has 0 aromatic heterocycles. The Labute approximate surface area is 172 Å². The van der Waals surface area contributed by atoms with Crippen molar-refractivity contribution in [3.63, 3.8) is 0 Å². The molecule has 0 saturated carbocycles. The van der Waals surface area contributed by atoms with Crippen molar-refractivity contribution in [1.82, 2.24) is 0 Å². The van der Waals surface area contributed by atoms with Crippen molar-refractivity contribution in [2.45, 2.75) is 25.9 Å². The second-order valence-corrected chi connectivity index (χ2v) is 6.49. The summed E-state index contributed by atoms with van der Waals surface area (Å²) in [6.45, 7) is 5.77. The molecular formula is C23H30O6. The van der Waals surface area contributed by atoms with Crippen molar-refractivity contribution in [2.24, 2.45) is 0 Å². The molecule has 0 N–H and O–H groups in total. The van der Waals surface area contributed by atoms with Crippen molar-refractivity contribution in [3.8, 4) is 34.5 Å². The fraction of sp³-hybridized carbons (Fsp3) is 0.391.